The maximum atomic E-state index is 11.2. The molecular weight excluding hydrogens is 236 g/mol. The van der Waals surface area contributed by atoms with Crippen molar-refractivity contribution in [1.82, 2.24) is 4.37 Å². The molecule has 0 saturated carbocycles. The Hall–Kier alpha value is -1.30. The van der Waals surface area contributed by atoms with E-state index in [0.29, 0.717) is 16.5 Å². The van der Waals surface area contributed by atoms with Crippen molar-refractivity contribution in [3.63, 3.8) is 0 Å². The number of hydrogen-bond donors (Lipinski definition) is 3. The van der Waals surface area contributed by atoms with Crippen LogP contribution in [0.5, 0.6) is 0 Å². The number of nitrogens with one attached hydrogen (secondary N) is 1. The van der Waals surface area contributed by atoms with Crippen LogP contribution in [-0.2, 0) is 0 Å². The number of primary amides is 1. The van der Waals surface area contributed by atoms with Gasteiger partial charge in [0.2, 0.25) is 0 Å². The standard InChI is InChI=1S/C11H20N4OS/c1-6(2)11(3,4)5-14-10-7(9(13)16)8(12)15-17-10/h6,14H,5H2,1-4H3,(H2,12,15)(H2,13,16). The first-order valence-corrected chi connectivity index (χ1v) is 6.32. The summed E-state index contributed by atoms with van der Waals surface area (Å²) in [6.45, 7) is 9.40. The number of carbonyl (C=O) groups excluding carboxylic acids is 1. The van der Waals surface area contributed by atoms with Crippen LogP contribution in [0.3, 0.4) is 0 Å². The van der Waals surface area contributed by atoms with Crippen molar-refractivity contribution in [2.45, 2.75) is 27.7 Å². The van der Waals surface area contributed by atoms with Crippen LogP contribution in [0.2, 0.25) is 0 Å². The highest BCUT2D eigenvalue weighted by molar-refractivity contribution is 7.11. The van der Waals surface area contributed by atoms with E-state index in [0.717, 1.165) is 6.54 Å². The third kappa shape index (κ3) is 3.09. The molecule has 0 aliphatic heterocycles. The monoisotopic (exact) mass is 256 g/mol. The highest BCUT2D eigenvalue weighted by Crippen LogP contribution is 2.30. The Balaban J connectivity index is 2.80. The highest BCUT2D eigenvalue weighted by Gasteiger charge is 2.24. The first kappa shape index (κ1) is 13.8. The Bertz CT molecular complexity index is 412. The van der Waals surface area contributed by atoms with Crippen LogP contribution in [0, 0.1) is 11.3 Å². The van der Waals surface area contributed by atoms with E-state index in [1.54, 1.807) is 0 Å². The molecule has 96 valence electrons. The number of hydrogen-bond acceptors (Lipinski definition) is 5. The summed E-state index contributed by atoms with van der Waals surface area (Å²) in [6, 6.07) is 0. The molecule has 0 saturated heterocycles. The van der Waals surface area contributed by atoms with Gasteiger partial charge < -0.3 is 16.8 Å². The van der Waals surface area contributed by atoms with E-state index in [2.05, 4.69) is 37.4 Å². The van der Waals surface area contributed by atoms with E-state index in [-0.39, 0.29) is 11.2 Å². The minimum atomic E-state index is -0.541. The molecule has 0 aliphatic rings. The molecule has 1 aromatic heterocycles. The normalized spacial score (nSPS) is 11.8. The number of rotatable bonds is 5. The lowest BCUT2D eigenvalue weighted by Crippen LogP contribution is -2.29. The van der Waals surface area contributed by atoms with Crippen molar-refractivity contribution >= 4 is 28.3 Å². The van der Waals surface area contributed by atoms with Crippen LogP contribution >= 0.6 is 11.5 Å². The zero-order valence-corrected chi connectivity index (χ0v) is 11.5. The van der Waals surface area contributed by atoms with E-state index in [1.807, 2.05) is 0 Å². The van der Waals surface area contributed by atoms with E-state index in [9.17, 15) is 4.79 Å². The minimum Gasteiger partial charge on any atom is -0.382 e. The Kier molecular flexibility index (Phi) is 3.98. The summed E-state index contributed by atoms with van der Waals surface area (Å²) in [7, 11) is 0. The molecule has 1 amide bonds. The van der Waals surface area contributed by atoms with Gasteiger partial charge in [0.25, 0.3) is 5.91 Å². The second-order valence-electron chi connectivity index (χ2n) is 5.13. The van der Waals surface area contributed by atoms with Crippen LogP contribution in [0.1, 0.15) is 38.1 Å². The van der Waals surface area contributed by atoms with Crippen LogP contribution in [-0.4, -0.2) is 16.8 Å². The SMILES string of the molecule is CC(C)C(C)(C)CNc1snc(N)c1C(N)=O. The second kappa shape index (κ2) is 4.91. The van der Waals surface area contributed by atoms with E-state index in [4.69, 9.17) is 11.5 Å². The third-order valence-electron chi connectivity index (χ3n) is 3.23. The van der Waals surface area contributed by atoms with E-state index < -0.39 is 5.91 Å². The van der Waals surface area contributed by atoms with Gasteiger partial charge >= 0.3 is 0 Å². The predicted octanol–water partition coefficient (Wildman–Crippen LogP) is 1.92. The van der Waals surface area contributed by atoms with Gasteiger partial charge in [0, 0.05) is 6.54 Å². The molecule has 0 bridgehead atoms. The molecule has 0 atom stereocenters. The summed E-state index contributed by atoms with van der Waals surface area (Å²) < 4.78 is 3.94. The summed E-state index contributed by atoms with van der Waals surface area (Å²) in [5.41, 5.74) is 11.3. The maximum absolute atomic E-state index is 11.2. The molecule has 5 N–H and O–H groups in total. The van der Waals surface area contributed by atoms with Crippen molar-refractivity contribution in [2.24, 2.45) is 17.1 Å². The largest absolute Gasteiger partial charge is 0.382 e. The Morgan fingerprint density at radius 3 is 2.59 bits per heavy atom. The van der Waals surface area contributed by atoms with Gasteiger partial charge in [0.15, 0.2) is 5.82 Å². The maximum Gasteiger partial charge on any atom is 0.255 e. The third-order valence-corrected chi connectivity index (χ3v) is 4.05. The zero-order chi connectivity index (χ0) is 13.2. The smallest absolute Gasteiger partial charge is 0.255 e. The lowest BCUT2D eigenvalue weighted by molar-refractivity contribution is 0.100. The van der Waals surface area contributed by atoms with Crippen LogP contribution < -0.4 is 16.8 Å². The van der Waals surface area contributed by atoms with Gasteiger partial charge in [-0.1, -0.05) is 27.7 Å². The van der Waals surface area contributed by atoms with E-state index in [1.165, 1.54) is 11.5 Å². The second-order valence-corrected chi connectivity index (χ2v) is 5.91. The first-order chi connectivity index (χ1) is 7.75. The zero-order valence-electron chi connectivity index (χ0n) is 10.7. The lowest BCUT2D eigenvalue weighted by atomic mass is 9.81. The number of nitrogens with zero attached hydrogens (tertiary/aromatic N) is 1. The van der Waals surface area contributed by atoms with Crippen molar-refractivity contribution in [3.05, 3.63) is 5.56 Å². The number of amides is 1. The number of nitrogen functional groups attached to an aromatic ring is 1. The summed E-state index contributed by atoms with van der Waals surface area (Å²) >= 11 is 1.17. The van der Waals surface area contributed by atoms with Gasteiger partial charge in [0.1, 0.15) is 10.6 Å². The molecule has 17 heavy (non-hydrogen) atoms. The molecule has 5 nitrogen and oxygen atoms in total. The Morgan fingerprint density at radius 1 is 1.53 bits per heavy atom. The molecule has 0 spiro atoms. The molecule has 0 fully saturated rings. The first-order valence-electron chi connectivity index (χ1n) is 5.54. The highest BCUT2D eigenvalue weighted by atomic mass is 32.1. The molecule has 0 aliphatic carbocycles. The molecule has 0 aromatic carbocycles. The fraction of sp³-hybridized carbons (Fsp3) is 0.636. The van der Waals surface area contributed by atoms with Crippen LogP contribution in [0.25, 0.3) is 0 Å². The minimum absolute atomic E-state index is 0.119. The summed E-state index contributed by atoms with van der Waals surface area (Å²) in [5.74, 6) is 0.186. The fourth-order valence-electron chi connectivity index (χ4n) is 1.17. The summed E-state index contributed by atoms with van der Waals surface area (Å²) in [4.78, 5) is 11.2. The average Bonchev–Trinajstić information content (AvgIpc) is 2.56. The average molecular weight is 256 g/mol. The quantitative estimate of drug-likeness (QED) is 0.750. The molecule has 0 unspecified atom stereocenters. The van der Waals surface area contributed by atoms with Crippen molar-refractivity contribution in [3.8, 4) is 0 Å². The van der Waals surface area contributed by atoms with Gasteiger partial charge in [-0.05, 0) is 22.9 Å². The van der Waals surface area contributed by atoms with Gasteiger partial charge in [-0.2, -0.15) is 4.37 Å². The predicted molar refractivity (Wildman–Crippen MR) is 72.2 cm³/mol. The molecule has 1 heterocycles. The van der Waals surface area contributed by atoms with Gasteiger partial charge in [-0.3, -0.25) is 4.79 Å². The summed E-state index contributed by atoms with van der Waals surface area (Å²) in [5, 5.41) is 3.87. The van der Waals surface area contributed by atoms with Gasteiger partial charge in [-0.25, -0.2) is 0 Å². The Labute approximate surface area is 106 Å². The Morgan fingerprint density at radius 2 is 2.12 bits per heavy atom. The number of carbonyl (C=O) groups is 1. The molecular formula is C11H20N4OS. The number of nitrogens with two attached hydrogens (primary N) is 2. The van der Waals surface area contributed by atoms with E-state index >= 15 is 0 Å². The van der Waals surface area contributed by atoms with Crippen LogP contribution in [0.15, 0.2) is 0 Å². The van der Waals surface area contributed by atoms with Crippen molar-refractivity contribution < 1.29 is 4.79 Å². The summed E-state index contributed by atoms with van der Waals surface area (Å²) in [6.07, 6.45) is 0. The van der Waals surface area contributed by atoms with Crippen LogP contribution in [0.4, 0.5) is 10.8 Å². The van der Waals surface area contributed by atoms with Crippen molar-refractivity contribution in [1.29, 1.82) is 0 Å². The van der Waals surface area contributed by atoms with Gasteiger partial charge in [-0.15, -0.1) is 0 Å². The molecule has 6 heteroatoms. The fourth-order valence-corrected chi connectivity index (χ4v) is 1.89. The van der Waals surface area contributed by atoms with Gasteiger partial charge in [0.05, 0.1) is 0 Å². The number of aromatic nitrogens is 1. The topological polar surface area (TPSA) is 94.0 Å². The van der Waals surface area contributed by atoms with Crippen molar-refractivity contribution in [2.75, 3.05) is 17.6 Å². The molecule has 1 rings (SSSR count). The number of anilines is 2. The molecule has 0 radical (unpaired) electrons. The lowest BCUT2D eigenvalue weighted by Gasteiger charge is -2.29. The molecule has 1 aromatic rings.